The fraction of sp³-hybridized carbons (Fsp3) is 0.381. The minimum atomic E-state index is -3.17. The zero-order valence-electron chi connectivity index (χ0n) is 17.4. The summed E-state index contributed by atoms with van der Waals surface area (Å²) >= 11 is 6.07. The number of guanidine groups is 1. The number of nitrogens with one attached hydrogen (secondary N) is 2. The molecule has 0 fully saturated rings. The molecule has 1 unspecified atom stereocenters. The van der Waals surface area contributed by atoms with Gasteiger partial charge in [0.25, 0.3) is 0 Å². The summed E-state index contributed by atoms with van der Waals surface area (Å²) in [7, 11) is -1.52. The highest BCUT2D eigenvalue weighted by Gasteiger charge is 2.11. The number of hydrogen-bond donors (Lipinski definition) is 2. The molecule has 0 saturated carbocycles. The number of rotatable bonds is 9. The summed E-state index contributed by atoms with van der Waals surface area (Å²) in [4.78, 5) is 4.94. The molecule has 0 saturated heterocycles. The first-order valence-corrected chi connectivity index (χ1v) is 11.7. The molecule has 30 heavy (non-hydrogen) atoms. The second kappa shape index (κ2) is 13.1. The first-order chi connectivity index (χ1) is 13.8. The van der Waals surface area contributed by atoms with Gasteiger partial charge in [-0.25, -0.2) is 8.42 Å². The predicted molar refractivity (Wildman–Crippen MR) is 134 cm³/mol. The van der Waals surface area contributed by atoms with Crippen LogP contribution in [-0.4, -0.2) is 47.4 Å². The van der Waals surface area contributed by atoms with Gasteiger partial charge in [-0.15, -0.1) is 24.0 Å². The van der Waals surface area contributed by atoms with Gasteiger partial charge in [0.15, 0.2) is 15.8 Å². The molecule has 2 N–H and O–H groups in total. The van der Waals surface area contributed by atoms with Crippen LogP contribution in [0.4, 0.5) is 0 Å². The lowest BCUT2D eigenvalue weighted by Gasteiger charge is -2.16. The summed E-state index contributed by atoms with van der Waals surface area (Å²) in [5.41, 5.74) is 2.03. The molecule has 0 aromatic heterocycles. The van der Waals surface area contributed by atoms with Gasteiger partial charge in [0.2, 0.25) is 0 Å². The number of benzene rings is 2. The van der Waals surface area contributed by atoms with Gasteiger partial charge in [0, 0.05) is 31.5 Å². The topological polar surface area (TPSA) is 79.8 Å². The van der Waals surface area contributed by atoms with Crippen LogP contribution in [0.3, 0.4) is 0 Å². The number of nitrogens with zero attached hydrogens (tertiary/aromatic N) is 1. The predicted octanol–water partition coefficient (Wildman–Crippen LogP) is 3.85. The van der Waals surface area contributed by atoms with E-state index in [1.54, 1.807) is 19.2 Å². The quantitative estimate of drug-likeness (QED) is 0.274. The van der Waals surface area contributed by atoms with Crippen LogP contribution in [0.2, 0.25) is 5.02 Å². The van der Waals surface area contributed by atoms with Crippen molar-refractivity contribution in [3.63, 3.8) is 0 Å². The second-order valence-corrected chi connectivity index (χ2v) is 9.04. The van der Waals surface area contributed by atoms with Crippen LogP contribution in [-0.2, 0) is 21.0 Å². The van der Waals surface area contributed by atoms with Crippen LogP contribution in [0.5, 0.6) is 0 Å². The van der Waals surface area contributed by atoms with E-state index < -0.39 is 9.84 Å². The Kier molecular flexibility index (Phi) is 11.7. The highest BCUT2D eigenvalue weighted by atomic mass is 127. The third-order valence-electron chi connectivity index (χ3n) is 4.32. The number of sulfone groups is 1. The van der Waals surface area contributed by atoms with Crippen molar-refractivity contribution >= 4 is 51.4 Å². The Hall–Kier alpha value is -1.36. The van der Waals surface area contributed by atoms with E-state index in [4.69, 9.17) is 16.3 Å². The van der Waals surface area contributed by atoms with Crippen molar-refractivity contribution in [2.45, 2.75) is 24.3 Å². The fourth-order valence-corrected chi connectivity index (χ4v) is 3.60. The first kappa shape index (κ1) is 26.7. The maximum Gasteiger partial charge on any atom is 0.191 e. The van der Waals surface area contributed by atoms with E-state index in [9.17, 15) is 8.42 Å². The van der Waals surface area contributed by atoms with Crippen molar-refractivity contribution in [1.82, 2.24) is 10.6 Å². The van der Waals surface area contributed by atoms with Gasteiger partial charge < -0.3 is 15.4 Å². The summed E-state index contributed by atoms with van der Waals surface area (Å²) in [6.45, 7) is 3.86. The standard InChI is InChI=1S/C21H28ClN3O3S.HI/c1-4-23-21(25-15-20(28-2)17-6-5-7-18(22)14-17)24-13-12-16-8-10-19(11-9-16)29(3,26)27;/h5-11,14,20H,4,12-13,15H2,1-3H3,(H2,23,24,25);1H. The molecule has 0 radical (unpaired) electrons. The molecule has 166 valence electrons. The number of hydrogen-bond acceptors (Lipinski definition) is 4. The van der Waals surface area contributed by atoms with E-state index in [0.29, 0.717) is 29.0 Å². The summed E-state index contributed by atoms with van der Waals surface area (Å²) < 4.78 is 28.6. The van der Waals surface area contributed by atoms with E-state index in [0.717, 1.165) is 24.1 Å². The summed E-state index contributed by atoms with van der Waals surface area (Å²) in [5.74, 6) is 0.698. The zero-order chi connectivity index (χ0) is 21.3. The van der Waals surface area contributed by atoms with Gasteiger partial charge in [-0.05, 0) is 48.7 Å². The smallest absolute Gasteiger partial charge is 0.191 e. The fourth-order valence-electron chi connectivity index (χ4n) is 2.77. The van der Waals surface area contributed by atoms with Gasteiger partial charge in [-0.2, -0.15) is 0 Å². The van der Waals surface area contributed by atoms with Crippen LogP contribution in [0.1, 0.15) is 24.2 Å². The monoisotopic (exact) mass is 565 g/mol. The van der Waals surface area contributed by atoms with Crippen LogP contribution in [0.25, 0.3) is 0 Å². The van der Waals surface area contributed by atoms with E-state index in [2.05, 4.69) is 15.6 Å². The molecule has 0 aliphatic heterocycles. The van der Waals surface area contributed by atoms with Crippen LogP contribution < -0.4 is 10.6 Å². The van der Waals surface area contributed by atoms with Crippen molar-refractivity contribution in [3.05, 3.63) is 64.7 Å². The molecular formula is C21H29ClIN3O3S. The average Bonchev–Trinajstić information content (AvgIpc) is 2.68. The van der Waals surface area contributed by atoms with Gasteiger partial charge in [-0.1, -0.05) is 35.9 Å². The molecule has 9 heteroatoms. The maximum atomic E-state index is 11.5. The van der Waals surface area contributed by atoms with Crippen LogP contribution in [0, 0.1) is 0 Å². The van der Waals surface area contributed by atoms with E-state index in [-0.39, 0.29) is 30.1 Å². The van der Waals surface area contributed by atoms with Crippen molar-refractivity contribution < 1.29 is 13.2 Å². The Bertz CT molecular complexity index is 921. The van der Waals surface area contributed by atoms with E-state index in [1.807, 2.05) is 43.3 Å². The first-order valence-electron chi connectivity index (χ1n) is 9.43. The normalized spacial score (nSPS) is 12.7. The lowest BCUT2D eigenvalue weighted by Crippen LogP contribution is -2.38. The largest absolute Gasteiger partial charge is 0.375 e. The Morgan fingerprint density at radius 1 is 1.17 bits per heavy atom. The molecule has 0 aliphatic carbocycles. The number of aliphatic imine (C=N–C) groups is 1. The second-order valence-electron chi connectivity index (χ2n) is 6.59. The van der Waals surface area contributed by atoms with Crippen LogP contribution in [0.15, 0.2) is 58.4 Å². The molecule has 0 spiro atoms. The third kappa shape index (κ3) is 8.79. The summed E-state index contributed by atoms with van der Waals surface area (Å²) in [5, 5.41) is 7.18. The summed E-state index contributed by atoms with van der Waals surface area (Å²) in [6.07, 6.45) is 1.77. The summed E-state index contributed by atoms with van der Waals surface area (Å²) in [6, 6.07) is 14.5. The third-order valence-corrected chi connectivity index (χ3v) is 5.69. The highest BCUT2D eigenvalue weighted by Crippen LogP contribution is 2.20. The highest BCUT2D eigenvalue weighted by molar-refractivity contribution is 14.0. The van der Waals surface area contributed by atoms with Gasteiger partial charge in [0.1, 0.15) is 6.10 Å². The molecule has 0 heterocycles. The molecule has 6 nitrogen and oxygen atoms in total. The SMILES string of the molecule is CCNC(=NCC(OC)c1cccc(Cl)c1)NCCc1ccc(S(C)(=O)=O)cc1.I. The number of ether oxygens (including phenoxy) is 1. The lowest BCUT2D eigenvalue weighted by atomic mass is 10.1. The van der Waals surface area contributed by atoms with Crippen molar-refractivity contribution in [2.24, 2.45) is 4.99 Å². The molecule has 2 rings (SSSR count). The molecule has 0 aliphatic rings. The van der Waals surface area contributed by atoms with Crippen molar-refractivity contribution in [1.29, 1.82) is 0 Å². The van der Waals surface area contributed by atoms with E-state index in [1.165, 1.54) is 6.26 Å². The molecule has 1 atom stereocenters. The van der Waals surface area contributed by atoms with Gasteiger partial charge in [-0.3, -0.25) is 4.99 Å². The molecule has 0 amide bonds. The Balaban J connectivity index is 0.00000450. The Labute approximate surface area is 201 Å². The van der Waals surface area contributed by atoms with Gasteiger partial charge in [0.05, 0.1) is 11.4 Å². The van der Waals surface area contributed by atoms with Gasteiger partial charge >= 0.3 is 0 Å². The average molecular weight is 566 g/mol. The van der Waals surface area contributed by atoms with Crippen LogP contribution >= 0.6 is 35.6 Å². The number of halogens is 2. The minimum absolute atomic E-state index is 0. The Morgan fingerprint density at radius 2 is 1.87 bits per heavy atom. The molecular weight excluding hydrogens is 537 g/mol. The Morgan fingerprint density at radius 3 is 2.43 bits per heavy atom. The lowest BCUT2D eigenvalue weighted by molar-refractivity contribution is 0.111. The number of methoxy groups -OCH3 is 1. The van der Waals surface area contributed by atoms with E-state index >= 15 is 0 Å². The minimum Gasteiger partial charge on any atom is -0.375 e. The van der Waals surface area contributed by atoms with Crippen molar-refractivity contribution in [2.75, 3.05) is 33.0 Å². The molecule has 2 aromatic carbocycles. The van der Waals surface area contributed by atoms with Crippen molar-refractivity contribution in [3.8, 4) is 0 Å². The maximum absolute atomic E-state index is 11.5. The zero-order valence-corrected chi connectivity index (χ0v) is 21.3. The molecule has 2 aromatic rings. The molecule has 0 bridgehead atoms.